The van der Waals surface area contributed by atoms with E-state index >= 15 is 0 Å². The number of hydrogen-bond donors (Lipinski definition) is 0. The lowest BCUT2D eigenvalue weighted by atomic mass is 9.85. The highest BCUT2D eigenvalue weighted by Crippen LogP contribution is 2.57. The summed E-state index contributed by atoms with van der Waals surface area (Å²) in [5, 5.41) is 5.24. The summed E-state index contributed by atoms with van der Waals surface area (Å²) in [4.78, 5) is 18.2. The van der Waals surface area contributed by atoms with E-state index in [1.807, 2.05) is 20.0 Å². The van der Waals surface area contributed by atoms with Crippen LogP contribution in [0.3, 0.4) is 0 Å². The third kappa shape index (κ3) is 2.49. The Hall–Kier alpha value is -1.85. The smallest absolute Gasteiger partial charge is 0.243 e. The zero-order chi connectivity index (χ0) is 19.5. The Balaban J connectivity index is 1.40. The highest BCUT2D eigenvalue weighted by Gasteiger charge is 2.65. The first-order valence-electron chi connectivity index (χ1n) is 10.3. The summed E-state index contributed by atoms with van der Waals surface area (Å²) in [5.74, 6) is 0.727. The van der Waals surface area contributed by atoms with E-state index in [0.717, 1.165) is 61.7 Å². The number of nitrogens with zero attached hydrogens (tertiary/aromatic N) is 4. The maximum Gasteiger partial charge on any atom is 0.243 e. The van der Waals surface area contributed by atoms with Crippen LogP contribution in [-0.2, 0) is 18.3 Å². The molecule has 3 aliphatic heterocycles. The Morgan fingerprint density at radius 2 is 2.07 bits per heavy atom. The van der Waals surface area contributed by atoms with Crippen LogP contribution in [0.4, 0.5) is 0 Å². The first-order valence-corrected chi connectivity index (χ1v) is 10.7. The van der Waals surface area contributed by atoms with Crippen LogP contribution >= 0.6 is 11.6 Å². The highest BCUT2D eigenvalue weighted by atomic mass is 35.5. The molecule has 1 spiro atoms. The summed E-state index contributed by atoms with van der Waals surface area (Å²) < 4.78 is 1.76. The van der Waals surface area contributed by atoms with Gasteiger partial charge in [0.05, 0.1) is 5.69 Å². The van der Waals surface area contributed by atoms with E-state index in [-0.39, 0.29) is 11.6 Å². The van der Waals surface area contributed by atoms with Gasteiger partial charge in [0.25, 0.3) is 0 Å². The van der Waals surface area contributed by atoms with Gasteiger partial charge in [-0.1, -0.05) is 41.9 Å². The van der Waals surface area contributed by atoms with Gasteiger partial charge in [-0.25, -0.2) is 0 Å². The topological polar surface area (TPSA) is 41.4 Å². The van der Waals surface area contributed by atoms with Crippen molar-refractivity contribution in [2.24, 2.45) is 13.0 Å². The van der Waals surface area contributed by atoms with Gasteiger partial charge in [-0.15, -0.1) is 0 Å². The Morgan fingerprint density at radius 3 is 2.79 bits per heavy atom. The molecule has 0 radical (unpaired) electrons. The number of halogens is 1. The summed E-state index contributed by atoms with van der Waals surface area (Å²) in [5.41, 5.74) is 3.10. The minimum Gasteiger partial charge on any atom is -0.340 e. The number of carbonyl (C=O) groups excluding carboxylic acids is 1. The Morgan fingerprint density at radius 1 is 1.29 bits per heavy atom. The molecule has 0 unspecified atom stereocenters. The molecule has 6 heteroatoms. The van der Waals surface area contributed by atoms with E-state index in [4.69, 9.17) is 11.6 Å². The van der Waals surface area contributed by atoms with E-state index < -0.39 is 0 Å². The van der Waals surface area contributed by atoms with E-state index in [1.165, 1.54) is 5.56 Å². The van der Waals surface area contributed by atoms with E-state index in [0.29, 0.717) is 11.8 Å². The number of rotatable bonds is 4. The van der Waals surface area contributed by atoms with Crippen LogP contribution in [0, 0.1) is 12.8 Å². The van der Waals surface area contributed by atoms with Crippen molar-refractivity contribution in [3.8, 4) is 0 Å². The molecular formula is C22H27ClN4O. The van der Waals surface area contributed by atoms with Crippen molar-refractivity contribution in [3.05, 3.63) is 52.3 Å². The van der Waals surface area contributed by atoms with Gasteiger partial charge in [0.2, 0.25) is 5.91 Å². The largest absolute Gasteiger partial charge is 0.340 e. The van der Waals surface area contributed by atoms with Crippen LogP contribution in [0.15, 0.2) is 30.3 Å². The minimum absolute atomic E-state index is 0.217. The fourth-order valence-corrected chi connectivity index (χ4v) is 6.28. The summed E-state index contributed by atoms with van der Waals surface area (Å²) in [6.45, 7) is 4.69. The predicted molar refractivity (Wildman–Crippen MR) is 109 cm³/mol. The van der Waals surface area contributed by atoms with Crippen molar-refractivity contribution in [2.45, 2.75) is 44.2 Å². The van der Waals surface area contributed by atoms with Crippen molar-refractivity contribution < 1.29 is 4.79 Å². The fraction of sp³-hybridized carbons (Fsp3) is 0.545. The van der Waals surface area contributed by atoms with Crippen LogP contribution in [-0.4, -0.2) is 50.7 Å². The van der Waals surface area contributed by atoms with Crippen molar-refractivity contribution in [2.75, 3.05) is 19.6 Å². The molecule has 3 fully saturated rings. The second-order valence-corrected chi connectivity index (χ2v) is 8.93. The monoisotopic (exact) mass is 398 g/mol. The first-order chi connectivity index (χ1) is 13.5. The molecule has 0 saturated carbocycles. The summed E-state index contributed by atoms with van der Waals surface area (Å²) in [6, 6.07) is 10.7. The maximum atomic E-state index is 13.6. The SMILES string of the molecule is Cc1nn(C)c(Cl)c1[C@@H]1C[C@H]2CN(CCc3ccccc3)C(=O)[C@]23CCCN13. The molecule has 3 atom stereocenters. The van der Waals surface area contributed by atoms with E-state index in [2.05, 4.69) is 39.2 Å². The van der Waals surface area contributed by atoms with Crippen LogP contribution in [0.2, 0.25) is 5.15 Å². The van der Waals surface area contributed by atoms with Gasteiger partial charge in [-0.3, -0.25) is 14.4 Å². The summed E-state index contributed by atoms with van der Waals surface area (Å²) >= 11 is 6.60. The van der Waals surface area contributed by atoms with Gasteiger partial charge in [-0.2, -0.15) is 5.10 Å². The lowest BCUT2D eigenvalue weighted by molar-refractivity contribution is -0.136. The number of benzene rings is 1. The number of likely N-dealkylation sites (tertiary alicyclic amines) is 1. The molecule has 3 aliphatic rings. The summed E-state index contributed by atoms with van der Waals surface area (Å²) in [6.07, 6.45) is 3.99. The molecule has 0 N–H and O–H groups in total. The first kappa shape index (κ1) is 18.2. The minimum atomic E-state index is -0.313. The average molecular weight is 399 g/mol. The normalized spacial score (nSPS) is 29.5. The molecule has 148 valence electrons. The number of aromatic nitrogens is 2. The second-order valence-electron chi connectivity index (χ2n) is 8.57. The Kier molecular flexibility index (Phi) is 4.29. The van der Waals surface area contributed by atoms with E-state index in [1.54, 1.807) is 4.68 Å². The van der Waals surface area contributed by atoms with Gasteiger partial charge < -0.3 is 4.90 Å². The van der Waals surface area contributed by atoms with Gasteiger partial charge in [0.15, 0.2) is 0 Å². The highest BCUT2D eigenvalue weighted by molar-refractivity contribution is 6.30. The predicted octanol–water partition coefficient (Wildman–Crippen LogP) is 3.36. The number of aryl methyl sites for hydroxylation is 2. The van der Waals surface area contributed by atoms with Gasteiger partial charge in [-0.05, 0) is 44.7 Å². The molecule has 0 bridgehead atoms. The lowest BCUT2D eigenvalue weighted by Crippen LogP contribution is -2.50. The van der Waals surface area contributed by atoms with Crippen LogP contribution < -0.4 is 0 Å². The maximum absolute atomic E-state index is 13.6. The molecular weight excluding hydrogens is 372 g/mol. The molecule has 4 heterocycles. The zero-order valence-electron chi connectivity index (χ0n) is 16.6. The van der Waals surface area contributed by atoms with Crippen LogP contribution in [0.5, 0.6) is 0 Å². The van der Waals surface area contributed by atoms with Crippen molar-refractivity contribution in [3.63, 3.8) is 0 Å². The molecule has 0 aliphatic carbocycles. The summed E-state index contributed by atoms with van der Waals surface area (Å²) in [7, 11) is 1.89. The Labute approximate surface area is 171 Å². The quantitative estimate of drug-likeness (QED) is 0.792. The lowest BCUT2D eigenvalue weighted by Gasteiger charge is -2.33. The molecule has 2 aromatic rings. The zero-order valence-corrected chi connectivity index (χ0v) is 17.3. The number of hydrogen-bond acceptors (Lipinski definition) is 3. The Bertz CT molecular complexity index is 911. The molecule has 5 rings (SSSR count). The number of carbonyl (C=O) groups is 1. The van der Waals surface area contributed by atoms with Crippen molar-refractivity contribution in [1.82, 2.24) is 19.6 Å². The van der Waals surface area contributed by atoms with Gasteiger partial charge >= 0.3 is 0 Å². The van der Waals surface area contributed by atoms with Crippen LogP contribution in [0.1, 0.15) is 42.1 Å². The fourth-order valence-electron chi connectivity index (χ4n) is 5.98. The third-order valence-corrected chi connectivity index (χ3v) is 7.62. The molecule has 5 nitrogen and oxygen atoms in total. The molecule has 1 amide bonds. The van der Waals surface area contributed by atoms with Crippen LogP contribution in [0.25, 0.3) is 0 Å². The second kappa shape index (κ2) is 6.60. The molecule has 1 aromatic carbocycles. The van der Waals surface area contributed by atoms with Gasteiger partial charge in [0.1, 0.15) is 10.7 Å². The van der Waals surface area contributed by atoms with Crippen molar-refractivity contribution >= 4 is 17.5 Å². The molecule has 1 aromatic heterocycles. The third-order valence-electron chi connectivity index (χ3n) is 7.17. The number of amides is 1. The molecule has 3 saturated heterocycles. The average Bonchev–Trinajstić information content (AvgIpc) is 3.37. The van der Waals surface area contributed by atoms with E-state index in [9.17, 15) is 4.79 Å². The standard InChI is InChI=1S/C22H27ClN4O/c1-15-19(20(23)25(2)24-15)18-13-17-14-26(12-9-16-7-4-3-5-8-16)21(28)22(17)10-6-11-27(18)22/h3-5,7-8,17-18H,6,9-14H2,1-2H3/t17-,18-,22-/m0/s1. The van der Waals surface area contributed by atoms with Gasteiger partial charge in [0, 0.05) is 37.7 Å². The van der Waals surface area contributed by atoms with Crippen molar-refractivity contribution in [1.29, 1.82) is 0 Å². The molecule has 28 heavy (non-hydrogen) atoms.